The van der Waals surface area contributed by atoms with Crippen molar-refractivity contribution >= 4 is 57.1 Å². The van der Waals surface area contributed by atoms with E-state index in [0.717, 1.165) is 26.2 Å². The normalized spacial score (nSPS) is 16.5. The van der Waals surface area contributed by atoms with Crippen LogP contribution in [0.3, 0.4) is 0 Å². The second kappa shape index (κ2) is 7.58. The van der Waals surface area contributed by atoms with E-state index in [9.17, 15) is 0 Å². The minimum Gasteiger partial charge on any atom is -0.314 e. The van der Waals surface area contributed by atoms with Crippen LogP contribution < -0.4 is 5.32 Å². The van der Waals surface area contributed by atoms with E-state index in [0.29, 0.717) is 6.04 Å². The van der Waals surface area contributed by atoms with Crippen LogP contribution in [0.15, 0.2) is 54.6 Å². The van der Waals surface area contributed by atoms with Crippen LogP contribution in [-0.4, -0.2) is 31.1 Å². The Hall–Kier alpha value is -1.58. The molecule has 0 unspecified atom stereocenters. The number of piperazine rings is 1. The molecule has 1 N–H and O–H groups in total. The van der Waals surface area contributed by atoms with Gasteiger partial charge in [0.1, 0.15) is 0 Å². The van der Waals surface area contributed by atoms with Crippen LogP contribution in [-0.2, 0) is 0 Å². The molecule has 136 valence electrons. The van der Waals surface area contributed by atoms with Crippen LogP contribution in [0, 0.1) is 0 Å². The maximum absolute atomic E-state index is 3.46. The number of nitrogens with one attached hydrogen (secondary N) is 1. The van der Waals surface area contributed by atoms with Crippen molar-refractivity contribution in [1.29, 1.82) is 0 Å². The number of hydrogen-bond acceptors (Lipinski definition) is 2. The van der Waals surface area contributed by atoms with Crippen LogP contribution in [0.2, 0.25) is 0 Å². The SMILES string of the molecule is C[C@@H](c1ccc2ccc3cccc4ccc1c2c34)N1CCNCC1.Cl.Cl. The molecule has 1 heterocycles. The molecular formula is C22H24Cl2N2. The first-order valence-corrected chi connectivity index (χ1v) is 8.94. The zero-order chi connectivity index (χ0) is 16.1. The highest BCUT2D eigenvalue weighted by Crippen LogP contribution is 2.38. The van der Waals surface area contributed by atoms with Crippen molar-refractivity contribution in [1.82, 2.24) is 10.2 Å². The predicted molar refractivity (Wildman–Crippen MR) is 117 cm³/mol. The number of halogens is 2. The van der Waals surface area contributed by atoms with Crippen LogP contribution in [0.5, 0.6) is 0 Å². The van der Waals surface area contributed by atoms with Crippen LogP contribution >= 0.6 is 24.8 Å². The average Bonchev–Trinajstić information content (AvgIpc) is 2.66. The fraction of sp³-hybridized carbons (Fsp3) is 0.273. The highest BCUT2D eigenvalue weighted by atomic mass is 35.5. The molecule has 4 aromatic rings. The molecule has 1 aliphatic rings. The molecule has 0 radical (unpaired) electrons. The van der Waals surface area contributed by atoms with Gasteiger partial charge in [-0.3, -0.25) is 4.90 Å². The van der Waals surface area contributed by atoms with E-state index in [1.165, 1.54) is 37.9 Å². The monoisotopic (exact) mass is 386 g/mol. The Morgan fingerprint density at radius 2 is 1.35 bits per heavy atom. The molecule has 5 rings (SSSR count). The van der Waals surface area contributed by atoms with Gasteiger partial charge in [0.2, 0.25) is 0 Å². The van der Waals surface area contributed by atoms with Gasteiger partial charge in [0, 0.05) is 32.2 Å². The second-order valence-electron chi connectivity index (χ2n) is 6.97. The van der Waals surface area contributed by atoms with Crippen molar-refractivity contribution in [3.05, 3.63) is 60.2 Å². The zero-order valence-electron chi connectivity index (χ0n) is 14.9. The molecule has 0 aliphatic carbocycles. The molecule has 0 saturated carbocycles. The molecule has 1 fully saturated rings. The van der Waals surface area contributed by atoms with Crippen LogP contribution in [0.4, 0.5) is 0 Å². The van der Waals surface area contributed by atoms with Crippen molar-refractivity contribution in [2.45, 2.75) is 13.0 Å². The van der Waals surface area contributed by atoms with Gasteiger partial charge in [-0.05, 0) is 44.8 Å². The topological polar surface area (TPSA) is 15.3 Å². The fourth-order valence-corrected chi connectivity index (χ4v) is 4.39. The molecule has 4 heteroatoms. The van der Waals surface area contributed by atoms with Crippen molar-refractivity contribution < 1.29 is 0 Å². The van der Waals surface area contributed by atoms with Crippen LogP contribution in [0.1, 0.15) is 18.5 Å². The zero-order valence-corrected chi connectivity index (χ0v) is 16.5. The first-order valence-electron chi connectivity index (χ1n) is 8.94. The fourth-order valence-electron chi connectivity index (χ4n) is 4.39. The Balaban J connectivity index is 0.000000980. The lowest BCUT2D eigenvalue weighted by Gasteiger charge is -2.33. The molecule has 1 aliphatic heterocycles. The third-order valence-electron chi connectivity index (χ3n) is 5.71. The molecule has 4 aromatic carbocycles. The molecule has 0 spiro atoms. The van der Waals surface area contributed by atoms with Crippen molar-refractivity contribution in [3.63, 3.8) is 0 Å². The van der Waals surface area contributed by atoms with E-state index in [4.69, 9.17) is 0 Å². The quantitative estimate of drug-likeness (QED) is 0.464. The van der Waals surface area contributed by atoms with Gasteiger partial charge < -0.3 is 5.32 Å². The molecule has 0 bridgehead atoms. The highest BCUT2D eigenvalue weighted by Gasteiger charge is 2.20. The number of nitrogens with zero attached hydrogens (tertiary/aromatic N) is 1. The number of rotatable bonds is 2. The van der Waals surface area contributed by atoms with Crippen molar-refractivity contribution in [2.75, 3.05) is 26.2 Å². The van der Waals surface area contributed by atoms with Crippen molar-refractivity contribution in [2.24, 2.45) is 0 Å². The van der Waals surface area contributed by atoms with Gasteiger partial charge in [-0.2, -0.15) is 0 Å². The van der Waals surface area contributed by atoms with Gasteiger partial charge in [-0.25, -0.2) is 0 Å². The molecule has 2 nitrogen and oxygen atoms in total. The summed E-state index contributed by atoms with van der Waals surface area (Å²) in [7, 11) is 0. The maximum atomic E-state index is 3.46. The summed E-state index contributed by atoms with van der Waals surface area (Å²) in [5.41, 5.74) is 1.46. The van der Waals surface area contributed by atoms with Crippen molar-refractivity contribution in [3.8, 4) is 0 Å². The Labute approximate surface area is 166 Å². The minimum absolute atomic E-state index is 0. The first kappa shape index (κ1) is 19.2. The number of hydrogen-bond donors (Lipinski definition) is 1. The van der Waals surface area contributed by atoms with E-state index in [1.54, 1.807) is 0 Å². The summed E-state index contributed by atoms with van der Waals surface area (Å²) >= 11 is 0. The smallest absolute Gasteiger partial charge is 0.0327 e. The molecular weight excluding hydrogens is 363 g/mol. The van der Waals surface area contributed by atoms with Gasteiger partial charge in [0.05, 0.1) is 0 Å². The lowest BCUT2D eigenvalue weighted by molar-refractivity contribution is 0.186. The van der Waals surface area contributed by atoms with Gasteiger partial charge in [0.15, 0.2) is 0 Å². The summed E-state index contributed by atoms with van der Waals surface area (Å²) < 4.78 is 0. The second-order valence-corrected chi connectivity index (χ2v) is 6.97. The van der Waals surface area contributed by atoms with E-state index >= 15 is 0 Å². The summed E-state index contributed by atoms with van der Waals surface area (Å²) in [4.78, 5) is 2.60. The van der Waals surface area contributed by atoms with Gasteiger partial charge in [-0.15, -0.1) is 24.8 Å². The van der Waals surface area contributed by atoms with Gasteiger partial charge in [0.25, 0.3) is 0 Å². The average molecular weight is 387 g/mol. The summed E-state index contributed by atoms with van der Waals surface area (Å²) in [5.74, 6) is 0. The van der Waals surface area contributed by atoms with E-state index in [1.807, 2.05) is 0 Å². The number of benzene rings is 4. The summed E-state index contributed by atoms with van der Waals surface area (Å²) in [6.07, 6.45) is 0. The molecule has 1 saturated heterocycles. The summed E-state index contributed by atoms with van der Waals surface area (Å²) in [6, 6.07) is 20.9. The Bertz CT molecular complexity index is 1010. The van der Waals surface area contributed by atoms with Gasteiger partial charge >= 0.3 is 0 Å². The lowest BCUT2D eigenvalue weighted by atomic mass is 9.90. The third kappa shape index (κ3) is 2.91. The largest absolute Gasteiger partial charge is 0.314 e. The molecule has 1 atom stereocenters. The Kier molecular flexibility index (Phi) is 5.59. The summed E-state index contributed by atoms with van der Waals surface area (Å²) in [6.45, 7) is 6.80. The first-order chi connectivity index (χ1) is 11.8. The predicted octanol–water partition coefficient (Wildman–Crippen LogP) is 5.39. The maximum Gasteiger partial charge on any atom is 0.0327 e. The molecule has 0 aromatic heterocycles. The molecule has 26 heavy (non-hydrogen) atoms. The molecule has 0 amide bonds. The third-order valence-corrected chi connectivity index (χ3v) is 5.71. The van der Waals surface area contributed by atoms with E-state index in [2.05, 4.69) is 71.7 Å². The van der Waals surface area contributed by atoms with Gasteiger partial charge in [-0.1, -0.05) is 54.6 Å². The van der Waals surface area contributed by atoms with E-state index < -0.39 is 0 Å². The Morgan fingerprint density at radius 3 is 2.04 bits per heavy atom. The minimum atomic E-state index is 0. The highest BCUT2D eigenvalue weighted by molar-refractivity contribution is 6.23. The Morgan fingerprint density at radius 1 is 0.769 bits per heavy atom. The van der Waals surface area contributed by atoms with Crippen LogP contribution in [0.25, 0.3) is 32.3 Å². The standard InChI is InChI=1S/C22H22N2.2ClH/c1-15(24-13-11-23-12-14-24)19-9-7-18-6-5-16-3-2-4-17-8-10-20(19)22(18)21(16)17;;/h2-10,15,23H,11-14H2,1H3;2*1H/t15-;;/m0../s1. The van der Waals surface area contributed by atoms with E-state index in [-0.39, 0.29) is 24.8 Å². The lowest BCUT2D eigenvalue weighted by Crippen LogP contribution is -2.44. The summed E-state index contributed by atoms with van der Waals surface area (Å²) in [5, 5.41) is 11.8.